The van der Waals surface area contributed by atoms with Crippen molar-refractivity contribution >= 4 is 34.4 Å². The van der Waals surface area contributed by atoms with Crippen LogP contribution in [0.2, 0.25) is 0 Å². The number of hydrogen-bond acceptors (Lipinski definition) is 10. The Bertz CT molecular complexity index is 998. The number of carboxylic acids is 1. The maximum atomic E-state index is 11.5. The highest BCUT2D eigenvalue weighted by molar-refractivity contribution is 5.97. The van der Waals surface area contributed by atoms with E-state index in [1.807, 2.05) is 4.90 Å². The third-order valence-electron chi connectivity index (χ3n) is 4.72. The minimum atomic E-state index is -1.76. The van der Waals surface area contributed by atoms with Gasteiger partial charge >= 0.3 is 0 Å². The Labute approximate surface area is 174 Å². The van der Waals surface area contributed by atoms with E-state index in [1.165, 1.54) is 17.0 Å². The second-order valence-corrected chi connectivity index (χ2v) is 6.41. The summed E-state index contributed by atoms with van der Waals surface area (Å²) in [5.74, 6) is -1.76. The van der Waals surface area contributed by atoms with Crippen LogP contribution in [0.3, 0.4) is 0 Å². The van der Waals surface area contributed by atoms with Crippen LogP contribution in [0.4, 0.5) is 28.4 Å². The van der Waals surface area contributed by atoms with Crippen LogP contribution in [0.25, 0.3) is 0 Å². The van der Waals surface area contributed by atoms with Gasteiger partial charge in [0.2, 0.25) is 0 Å². The highest BCUT2D eigenvalue weighted by Gasteiger charge is 2.30. The number of benzene rings is 2. The SMILES string of the molecule is O=C([O-])c1cc([N+](=O)[O-])cc([N+](=O)[O-])c1N1CCN(c2ccc([N+](=O)[O-])cc2)CC1.[NH4+]. The van der Waals surface area contributed by atoms with Crippen LogP contribution < -0.4 is 21.1 Å². The molecule has 0 atom stereocenters. The van der Waals surface area contributed by atoms with E-state index in [2.05, 4.69) is 0 Å². The smallest absolute Gasteiger partial charge is 0.300 e. The second-order valence-electron chi connectivity index (χ2n) is 6.41. The van der Waals surface area contributed by atoms with E-state index in [-0.39, 0.29) is 30.6 Å². The number of carbonyl (C=O) groups is 1. The van der Waals surface area contributed by atoms with Gasteiger partial charge in [0.05, 0.1) is 26.8 Å². The summed E-state index contributed by atoms with van der Waals surface area (Å²) in [6, 6.07) is 7.35. The Hall–Kier alpha value is -4.33. The number of anilines is 2. The molecule has 1 aliphatic rings. The summed E-state index contributed by atoms with van der Waals surface area (Å²) in [5, 5.41) is 44.8. The van der Waals surface area contributed by atoms with Crippen molar-refractivity contribution in [1.82, 2.24) is 6.15 Å². The molecule has 0 aromatic heterocycles. The first-order valence-electron chi connectivity index (χ1n) is 8.61. The predicted molar refractivity (Wildman–Crippen MR) is 108 cm³/mol. The van der Waals surface area contributed by atoms with E-state index in [4.69, 9.17) is 0 Å². The molecule has 0 saturated carbocycles. The summed E-state index contributed by atoms with van der Waals surface area (Å²) in [5.41, 5.74) is -1.62. The zero-order valence-electron chi connectivity index (χ0n) is 16.3. The molecule has 1 aliphatic heterocycles. The molecular formula is C17H18N6O8. The lowest BCUT2D eigenvalue weighted by Gasteiger charge is -2.37. The molecule has 31 heavy (non-hydrogen) atoms. The number of carbonyl (C=O) groups excluding carboxylic acids is 1. The maximum absolute atomic E-state index is 11.5. The number of quaternary nitrogens is 1. The molecule has 0 amide bonds. The molecule has 3 rings (SSSR count). The average molecular weight is 434 g/mol. The summed E-state index contributed by atoms with van der Waals surface area (Å²) in [4.78, 5) is 45.8. The number of hydrogen-bond donors (Lipinski definition) is 1. The number of piperazine rings is 1. The van der Waals surface area contributed by atoms with E-state index in [1.54, 1.807) is 12.1 Å². The monoisotopic (exact) mass is 434 g/mol. The van der Waals surface area contributed by atoms with Crippen molar-refractivity contribution in [2.75, 3.05) is 36.0 Å². The molecule has 0 spiro atoms. The molecule has 14 nitrogen and oxygen atoms in total. The molecule has 1 heterocycles. The summed E-state index contributed by atoms with van der Waals surface area (Å²) in [7, 11) is 0. The highest BCUT2D eigenvalue weighted by Crippen LogP contribution is 2.37. The Morgan fingerprint density at radius 3 is 1.74 bits per heavy atom. The highest BCUT2D eigenvalue weighted by atomic mass is 16.6. The Balaban J connectivity index is 0.00000341. The first-order valence-corrected chi connectivity index (χ1v) is 8.61. The molecule has 1 saturated heterocycles. The van der Waals surface area contributed by atoms with E-state index in [0.29, 0.717) is 18.8 Å². The molecule has 0 radical (unpaired) electrons. The van der Waals surface area contributed by atoms with Gasteiger partial charge in [0.15, 0.2) is 0 Å². The fourth-order valence-electron chi connectivity index (χ4n) is 3.31. The normalized spacial score (nSPS) is 13.3. The van der Waals surface area contributed by atoms with Crippen LogP contribution in [0.1, 0.15) is 10.4 Å². The van der Waals surface area contributed by atoms with Crippen LogP contribution in [0, 0.1) is 30.3 Å². The number of non-ortho nitro benzene ring substituents is 2. The lowest BCUT2D eigenvalue weighted by Crippen LogP contribution is -2.47. The molecular weight excluding hydrogens is 416 g/mol. The predicted octanol–water partition coefficient (Wildman–Crippen LogP) is 1.48. The van der Waals surface area contributed by atoms with Gasteiger partial charge in [0, 0.05) is 55.6 Å². The molecule has 0 bridgehead atoms. The minimum absolute atomic E-state index is 0. The first-order chi connectivity index (χ1) is 14.2. The summed E-state index contributed by atoms with van der Waals surface area (Å²) in [6.45, 7) is 1.07. The molecule has 0 unspecified atom stereocenters. The third kappa shape index (κ3) is 4.64. The molecule has 2 aromatic rings. The van der Waals surface area contributed by atoms with Crippen LogP contribution in [-0.2, 0) is 0 Å². The van der Waals surface area contributed by atoms with Gasteiger partial charge in [-0.1, -0.05) is 0 Å². The largest absolute Gasteiger partial charge is 0.545 e. The van der Waals surface area contributed by atoms with Gasteiger partial charge in [0.1, 0.15) is 5.69 Å². The van der Waals surface area contributed by atoms with Crippen molar-refractivity contribution < 1.29 is 24.7 Å². The quantitative estimate of drug-likeness (QED) is 0.510. The topological polar surface area (TPSA) is 213 Å². The van der Waals surface area contributed by atoms with Crippen LogP contribution in [0.15, 0.2) is 36.4 Å². The number of rotatable bonds is 6. The van der Waals surface area contributed by atoms with E-state index < -0.39 is 37.7 Å². The number of nitrogens with zero attached hydrogens (tertiary/aromatic N) is 5. The Kier molecular flexibility index (Phi) is 6.66. The molecule has 2 aromatic carbocycles. The fraction of sp³-hybridized carbons (Fsp3) is 0.235. The average Bonchev–Trinajstić information content (AvgIpc) is 2.72. The third-order valence-corrected chi connectivity index (χ3v) is 4.72. The van der Waals surface area contributed by atoms with Crippen molar-refractivity contribution in [2.24, 2.45) is 0 Å². The van der Waals surface area contributed by atoms with Gasteiger partial charge in [-0.15, -0.1) is 0 Å². The van der Waals surface area contributed by atoms with Crippen LogP contribution >= 0.6 is 0 Å². The van der Waals surface area contributed by atoms with Crippen LogP contribution in [-0.4, -0.2) is 46.9 Å². The van der Waals surface area contributed by atoms with Crippen molar-refractivity contribution in [3.63, 3.8) is 0 Å². The zero-order valence-corrected chi connectivity index (χ0v) is 16.3. The van der Waals surface area contributed by atoms with E-state index >= 15 is 0 Å². The zero-order chi connectivity index (χ0) is 22.0. The standard InChI is InChI=1S/C17H15N5O8.H3N/c23-17(24)14-9-13(21(27)28)10-15(22(29)30)16(14)19-7-5-18(6-8-19)11-1-3-12(4-2-11)20(25)26;/h1-4,9-10H,5-8H2,(H,23,24);1H3. The van der Waals surface area contributed by atoms with Gasteiger partial charge in [-0.25, -0.2) is 0 Å². The maximum Gasteiger partial charge on any atom is 0.300 e. The summed E-state index contributed by atoms with van der Waals surface area (Å²) in [6.07, 6.45) is 0. The van der Waals surface area contributed by atoms with Crippen molar-refractivity contribution in [1.29, 1.82) is 0 Å². The van der Waals surface area contributed by atoms with Gasteiger partial charge in [0.25, 0.3) is 17.1 Å². The van der Waals surface area contributed by atoms with Gasteiger partial charge in [-0.3, -0.25) is 30.3 Å². The fourth-order valence-corrected chi connectivity index (χ4v) is 3.31. The van der Waals surface area contributed by atoms with E-state index in [9.17, 15) is 40.2 Å². The molecule has 1 fully saturated rings. The number of nitro groups is 3. The Morgan fingerprint density at radius 2 is 1.29 bits per heavy atom. The lowest BCUT2D eigenvalue weighted by atomic mass is 10.1. The van der Waals surface area contributed by atoms with E-state index in [0.717, 1.165) is 12.1 Å². The first kappa shape index (κ1) is 23.0. The van der Waals surface area contributed by atoms with Gasteiger partial charge in [-0.2, -0.15) is 0 Å². The molecule has 4 N–H and O–H groups in total. The summed E-state index contributed by atoms with van der Waals surface area (Å²) >= 11 is 0. The lowest BCUT2D eigenvalue weighted by molar-refractivity contribution is -0.393. The number of aromatic carboxylic acids is 1. The molecule has 14 heteroatoms. The van der Waals surface area contributed by atoms with Gasteiger partial charge in [-0.05, 0) is 12.1 Å². The summed E-state index contributed by atoms with van der Waals surface area (Å²) < 4.78 is 0. The van der Waals surface area contributed by atoms with Crippen molar-refractivity contribution in [3.05, 3.63) is 72.3 Å². The van der Waals surface area contributed by atoms with Crippen molar-refractivity contribution in [2.45, 2.75) is 0 Å². The number of carboxylic acid groups (broad SMARTS) is 1. The van der Waals surface area contributed by atoms with Crippen molar-refractivity contribution in [3.8, 4) is 0 Å². The number of nitro benzene ring substituents is 3. The molecule has 164 valence electrons. The molecule has 0 aliphatic carbocycles. The minimum Gasteiger partial charge on any atom is -0.545 e. The Morgan fingerprint density at radius 1 is 0.774 bits per heavy atom. The second kappa shape index (κ2) is 9.00. The van der Waals surface area contributed by atoms with Crippen LogP contribution in [0.5, 0.6) is 0 Å². The van der Waals surface area contributed by atoms with Gasteiger partial charge < -0.3 is 25.9 Å².